The molecule has 0 saturated heterocycles. The van der Waals surface area contributed by atoms with Crippen molar-refractivity contribution in [3.05, 3.63) is 58.7 Å². The topological polar surface area (TPSA) is 183 Å². The predicted molar refractivity (Wildman–Crippen MR) is 133 cm³/mol. The van der Waals surface area contributed by atoms with E-state index in [0.29, 0.717) is 22.3 Å². The van der Waals surface area contributed by atoms with Crippen molar-refractivity contribution in [1.82, 2.24) is 4.90 Å². The second kappa shape index (κ2) is 12.9. The highest BCUT2D eigenvalue weighted by Gasteiger charge is 2.29. The minimum atomic E-state index is -0.614. The number of ether oxygens (including phenoxy) is 4. The highest BCUT2D eigenvalue weighted by molar-refractivity contribution is 6.07. The van der Waals surface area contributed by atoms with Gasteiger partial charge in [-0.2, -0.15) is 0 Å². The standard InChI is InChI=1S/C25H28N4O9/c1-3-35-22(30)13-37-20-8-6-15(10-21(20)38-14-23(31)36-4-2)19(27-33)12-29-11-17-9-16(24(26)28-34)5-7-18(17)25(29)32/h5-10,33-34H,3-4,11-14H2,1-2H3,(H2,26,28)/b27-19-. The molecule has 13 heteroatoms. The Hall–Kier alpha value is -4.81. The molecule has 13 nitrogen and oxygen atoms in total. The highest BCUT2D eigenvalue weighted by Crippen LogP contribution is 2.30. The fourth-order valence-electron chi connectivity index (χ4n) is 3.69. The third-order valence-corrected chi connectivity index (χ3v) is 5.43. The maximum atomic E-state index is 12.9. The molecule has 3 rings (SSSR count). The van der Waals surface area contributed by atoms with Crippen molar-refractivity contribution in [1.29, 1.82) is 0 Å². The number of amides is 1. The van der Waals surface area contributed by atoms with Crippen LogP contribution in [0, 0.1) is 0 Å². The van der Waals surface area contributed by atoms with E-state index in [9.17, 15) is 19.6 Å². The van der Waals surface area contributed by atoms with Crippen molar-refractivity contribution < 1.29 is 43.7 Å². The molecular formula is C25H28N4O9. The Morgan fingerprint density at radius 3 is 2.16 bits per heavy atom. The summed E-state index contributed by atoms with van der Waals surface area (Å²) < 4.78 is 20.8. The Morgan fingerprint density at radius 1 is 0.921 bits per heavy atom. The van der Waals surface area contributed by atoms with Crippen molar-refractivity contribution in [3.8, 4) is 11.5 Å². The van der Waals surface area contributed by atoms with E-state index in [1.807, 2.05) is 0 Å². The minimum absolute atomic E-state index is 0.0662. The number of benzene rings is 2. The van der Waals surface area contributed by atoms with E-state index in [2.05, 4.69) is 10.3 Å². The van der Waals surface area contributed by atoms with Gasteiger partial charge in [-0.3, -0.25) is 4.79 Å². The van der Waals surface area contributed by atoms with Crippen LogP contribution in [0.15, 0.2) is 46.7 Å². The zero-order chi connectivity index (χ0) is 27.7. The number of oxime groups is 2. The second-order valence-corrected chi connectivity index (χ2v) is 7.91. The summed E-state index contributed by atoms with van der Waals surface area (Å²) in [6.45, 7) is 2.99. The number of nitrogens with zero attached hydrogens (tertiary/aromatic N) is 3. The summed E-state index contributed by atoms with van der Waals surface area (Å²) in [5.74, 6) is -1.36. The molecule has 4 N–H and O–H groups in total. The summed E-state index contributed by atoms with van der Waals surface area (Å²) in [5.41, 5.74) is 7.71. The summed E-state index contributed by atoms with van der Waals surface area (Å²) in [4.78, 5) is 37.9. The van der Waals surface area contributed by atoms with Gasteiger partial charge >= 0.3 is 11.9 Å². The molecule has 38 heavy (non-hydrogen) atoms. The number of carbonyl (C=O) groups is 3. The number of rotatable bonds is 12. The molecule has 0 aromatic heterocycles. The molecule has 1 aliphatic rings. The van der Waals surface area contributed by atoms with E-state index in [1.165, 1.54) is 17.0 Å². The van der Waals surface area contributed by atoms with Gasteiger partial charge in [0, 0.05) is 23.2 Å². The van der Waals surface area contributed by atoms with Crippen LogP contribution in [0.4, 0.5) is 0 Å². The normalized spacial score (nSPS) is 13.2. The number of carbonyl (C=O) groups excluding carboxylic acids is 3. The Morgan fingerprint density at radius 2 is 1.55 bits per heavy atom. The first-order valence-corrected chi connectivity index (χ1v) is 11.6. The van der Waals surface area contributed by atoms with Gasteiger partial charge in [0.2, 0.25) is 0 Å². The van der Waals surface area contributed by atoms with Crippen LogP contribution in [0.2, 0.25) is 0 Å². The Bertz CT molecular complexity index is 1260. The Balaban J connectivity index is 1.81. The number of hydrogen-bond donors (Lipinski definition) is 3. The average Bonchev–Trinajstić information content (AvgIpc) is 3.23. The Kier molecular flexibility index (Phi) is 9.46. The van der Waals surface area contributed by atoms with Gasteiger partial charge in [0.15, 0.2) is 30.5 Å². The van der Waals surface area contributed by atoms with Crippen molar-refractivity contribution in [2.45, 2.75) is 20.4 Å². The van der Waals surface area contributed by atoms with E-state index in [4.69, 9.17) is 29.9 Å². The molecule has 202 valence electrons. The van der Waals surface area contributed by atoms with Crippen LogP contribution in [0.25, 0.3) is 0 Å². The van der Waals surface area contributed by atoms with Crippen molar-refractivity contribution in [2.75, 3.05) is 33.0 Å². The van der Waals surface area contributed by atoms with Crippen molar-refractivity contribution >= 4 is 29.4 Å². The zero-order valence-corrected chi connectivity index (χ0v) is 20.9. The predicted octanol–water partition coefficient (Wildman–Crippen LogP) is 1.50. The van der Waals surface area contributed by atoms with Crippen LogP contribution in [0.5, 0.6) is 11.5 Å². The lowest BCUT2D eigenvalue weighted by Gasteiger charge is -2.18. The lowest BCUT2D eigenvalue weighted by molar-refractivity contribution is -0.146. The third kappa shape index (κ3) is 6.69. The molecule has 1 amide bonds. The number of hydrogen-bond acceptors (Lipinski definition) is 11. The summed E-state index contributed by atoms with van der Waals surface area (Å²) >= 11 is 0. The molecule has 0 aliphatic carbocycles. The molecule has 2 aromatic rings. The molecule has 0 unspecified atom stereocenters. The summed E-state index contributed by atoms with van der Waals surface area (Å²) in [6.07, 6.45) is 0. The van der Waals surface area contributed by atoms with Gasteiger partial charge in [-0.25, -0.2) is 9.59 Å². The molecule has 1 aliphatic heterocycles. The smallest absolute Gasteiger partial charge is 0.344 e. The quantitative estimate of drug-likeness (QED) is 0.120. The van der Waals surface area contributed by atoms with Gasteiger partial charge in [-0.15, -0.1) is 0 Å². The molecule has 0 fully saturated rings. The van der Waals surface area contributed by atoms with E-state index >= 15 is 0 Å². The van der Waals surface area contributed by atoms with E-state index in [1.54, 1.807) is 38.1 Å². The maximum absolute atomic E-state index is 12.9. The van der Waals surface area contributed by atoms with Gasteiger partial charge < -0.3 is 40.0 Å². The van der Waals surface area contributed by atoms with Gasteiger partial charge in [-0.1, -0.05) is 16.4 Å². The number of fused-ring (bicyclic) bond motifs is 1. The molecule has 0 spiro atoms. The average molecular weight is 529 g/mol. The van der Waals surface area contributed by atoms with Gasteiger partial charge in [0.1, 0.15) is 5.71 Å². The summed E-state index contributed by atoms with van der Waals surface area (Å²) in [5, 5.41) is 25.0. The lowest BCUT2D eigenvalue weighted by Crippen LogP contribution is -2.30. The van der Waals surface area contributed by atoms with Crippen molar-refractivity contribution in [3.63, 3.8) is 0 Å². The zero-order valence-electron chi connectivity index (χ0n) is 20.9. The van der Waals surface area contributed by atoms with Crippen molar-refractivity contribution in [2.24, 2.45) is 16.0 Å². The molecule has 0 bridgehead atoms. The lowest BCUT2D eigenvalue weighted by atomic mass is 10.1. The molecular weight excluding hydrogens is 500 g/mol. The molecule has 0 radical (unpaired) electrons. The molecule has 0 saturated carbocycles. The first-order chi connectivity index (χ1) is 18.3. The minimum Gasteiger partial charge on any atom is -0.478 e. The van der Waals surface area contributed by atoms with E-state index in [0.717, 1.165) is 0 Å². The number of amidine groups is 1. The maximum Gasteiger partial charge on any atom is 0.344 e. The molecule has 1 heterocycles. The van der Waals surface area contributed by atoms with Crippen LogP contribution < -0.4 is 15.2 Å². The summed E-state index contributed by atoms with van der Waals surface area (Å²) in [6, 6.07) is 9.28. The second-order valence-electron chi connectivity index (χ2n) is 7.91. The van der Waals surface area contributed by atoms with E-state index < -0.39 is 25.2 Å². The van der Waals surface area contributed by atoms with Crippen LogP contribution in [-0.2, 0) is 25.6 Å². The van der Waals surface area contributed by atoms with Crippen LogP contribution in [0.3, 0.4) is 0 Å². The van der Waals surface area contributed by atoms with Gasteiger partial charge in [-0.05, 0) is 49.7 Å². The van der Waals surface area contributed by atoms with Crippen LogP contribution in [-0.4, -0.2) is 77.7 Å². The van der Waals surface area contributed by atoms with E-state index in [-0.39, 0.29) is 55.3 Å². The first kappa shape index (κ1) is 27.8. The van der Waals surface area contributed by atoms with Crippen LogP contribution >= 0.6 is 0 Å². The number of esters is 2. The van der Waals surface area contributed by atoms with Gasteiger partial charge in [0.05, 0.1) is 19.8 Å². The SMILES string of the molecule is CCOC(=O)COc1ccc(/C(CN2Cc3cc(/C(N)=N\O)ccc3C2=O)=N\O)cc1OCC(=O)OCC. The van der Waals surface area contributed by atoms with Gasteiger partial charge in [0.25, 0.3) is 5.91 Å². The fraction of sp³-hybridized carbons (Fsp3) is 0.320. The fourth-order valence-corrected chi connectivity index (χ4v) is 3.69. The van der Waals surface area contributed by atoms with Crippen LogP contribution in [0.1, 0.15) is 40.9 Å². The third-order valence-electron chi connectivity index (χ3n) is 5.43. The number of nitrogens with two attached hydrogens (primary N) is 1. The highest BCUT2D eigenvalue weighted by atomic mass is 16.6. The summed E-state index contributed by atoms with van der Waals surface area (Å²) in [7, 11) is 0. The monoisotopic (exact) mass is 528 g/mol. The largest absolute Gasteiger partial charge is 0.478 e. The Labute approximate surface area is 218 Å². The molecule has 0 atom stereocenters. The first-order valence-electron chi connectivity index (χ1n) is 11.6. The molecule has 2 aromatic carbocycles.